The van der Waals surface area contributed by atoms with Gasteiger partial charge in [0.05, 0.1) is 0 Å². The van der Waals surface area contributed by atoms with Crippen molar-refractivity contribution >= 4 is 137 Å². The van der Waals surface area contributed by atoms with Crippen molar-refractivity contribution in [1.82, 2.24) is 0 Å². The zero-order valence-corrected chi connectivity index (χ0v) is 66.4. The van der Waals surface area contributed by atoms with Crippen LogP contribution in [0, 0.1) is 5.41 Å². The molecule has 0 bridgehead atoms. The smallest absolute Gasteiger partial charge is 0.322 e. The van der Waals surface area contributed by atoms with E-state index in [9.17, 15) is 19.2 Å². The number of thiocarbonyl (C=S) groups is 4. The lowest BCUT2D eigenvalue weighted by molar-refractivity contribution is -0.183. The topological polar surface area (TPSA) is 105 Å². The Balaban J connectivity index is 6.77. The van der Waals surface area contributed by atoms with Crippen LogP contribution in [0.1, 0.15) is 373 Å². The fourth-order valence-electron chi connectivity index (χ4n) is 10.6. The van der Waals surface area contributed by atoms with Crippen LogP contribution in [-0.4, -0.2) is 85.6 Å². The van der Waals surface area contributed by atoms with Crippen molar-refractivity contribution in [3.8, 4) is 0 Å². The van der Waals surface area contributed by atoms with Gasteiger partial charge in [-0.1, -0.05) is 308 Å². The number of esters is 4. The van der Waals surface area contributed by atoms with Crippen molar-refractivity contribution < 1.29 is 38.1 Å². The van der Waals surface area contributed by atoms with Crippen LogP contribution in [0.3, 0.4) is 0 Å². The van der Waals surface area contributed by atoms with E-state index in [0.29, 0.717) is 25.7 Å². The van der Waals surface area contributed by atoms with Crippen LogP contribution in [0.15, 0.2) is 0 Å². The molecular formula is C74H134O8S8. The van der Waals surface area contributed by atoms with Crippen molar-refractivity contribution in [2.75, 3.05) is 19.8 Å². The first-order valence-electron chi connectivity index (χ1n) is 36.4. The second-order valence-corrected chi connectivity index (χ2v) is 37.7. The Morgan fingerprint density at radius 2 is 0.456 bits per heavy atom. The lowest BCUT2D eigenvalue weighted by Gasteiger charge is -2.39. The molecule has 0 saturated carbocycles. The fourth-order valence-corrected chi connectivity index (χ4v) is 17.5. The Hall–Kier alpha value is -0.360. The van der Waals surface area contributed by atoms with Gasteiger partial charge in [-0.3, -0.25) is 19.2 Å². The zero-order valence-electron chi connectivity index (χ0n) is 59.8. The SMILES string of the molecule is CCCCCCCCCCCCC(=S)SC(C)(C)C(=O)OCC(COC(=O)C(C)(C)SC(=S)CCCCCCCCCCCC)(COC(=O)C(C)(C)SC(=S)CCCCCCCCCCCC)C(C)OC(=O)C(C)(C)SC(=S)CCCCCCCCCCCC. The average molecular weight is 1410 g/mol. The van der Waals surface area contributed by atoms with E-state index in [1.807, 2.05) is 0 Å². The number of ether oxygens (including phenoxy) is 4. The molecule has 0 spiro atoms. The summed E-state index contributed by atoms with van der Waals surface area (Å²) in [4.78, 5) is 58.1. The second kappa shape index (κ2) is 54.6. The van der Waals surface area contributed by atoms with Crippen LogP contribution in [0.2, 0.25) is 0 Å². The minimum atomic E-state index is -1.57. The molecule has 0 heterocycles. The molecule has 0 N–H and O–H groups in total. The molecule has 16 heteroatoms. The summed E-state index contributed by atoms with van der Waals surface area (Å²) in [6.45, 7) is 23.8. The van der Waals surface area contributed by atoms with E-state index in [2.05, 4.69) is 27.7 Å². The first-order valence-corrected chi connectivity index (χ1v) is 41.3. The fraction of sp³-hybridized carbons (Fsp3) is 0.892. The van der Waals surface area contributed by atoms with E-state index in [4.69, 9.17) is 67.8 Å². The molecule has 0 aliphatic carbocycles. The van der Waals surface area contributed by atoms with Crippen molar-refractivity contribution in [3.05, 3.63) is 0 Å². The monoisotopic (exact) mass is 1410 g/mol. The first-order chi connectivity index (χ1) is 42.8. The summed E-state index contributed by atoms with van der Waals surface area (Å²) >= 11 is 28.8. The summed E-state index contributed by atoms with van der Waals surface area (Å²) in [5.41, 5.74) is -1.57. The van der Waals surface area contributed by atoms with E-state index < -0.39 is 74.2 Å². The third-order valence-electron chi connectivity index (χ3n) is 17.0. The lowest BCUT2D eigenvalue weighted by Crippen LogP contribution is -2.52. The molecule has 0 radical (unpaired) electrons. The van der Waals surface area contributed by atoms with Crippen molar-refractivity contribution in [2.45, 2.75) is 398 Å². The van der Waals surface area contributed by atoms with Crippen molar-refractivity contribution in [2.24, 2.45) is 5.41 Å². The Kier molecular flexibility index (Phi) is 54.4. The van der Waals surface area contributed by atoms with E-state index in [1.54, 1.807) is 62.3 Å². The third kappa shape index (κ3) is 46.0. The molecule has 0 aromatic heterocycles. The van der Waals surface area contributed by atoms with Gasteiger partial charge < -0.3 is 18.9 Å². The van der Waals surface area contributed by atoms with E-state index >= 15 is 0 Å². The highest BCUT2D eigenvalue weighted by molar-refractivity contribution is 8.25. The molecule has 0 amide bonds. The lowest BCUT2D eigenvalue weighted by atomic mass is 9.84. The van der Waals surface area contributed by atoms with E-state index in [1.165, 1.54) is 246 Å². The number of hydrogen-bond acceptors (Lipinski definition) is 16. The Morgan fingerprint density at radius 1 is 0.289 bits per heavy atom. The van der Waals surface area contributed by atoms with Gasteiger partial charge in [-0.25, -0.2) is 0 Å². The third-order valence-corrected chi connectivity index (χ3v) is 23.3. The van der Waals surface area contributed by atoms with Crippen LogP contribution in [0.5, 0.6) is 0 Å². The molecule has 0 aromatic carbocycles. The standard InChI is InChI=1S/C74H134O8S8/c1-14-18-22-26-30-34-38-42-46-50-54-62(83)87-70(6,7)66(75)79-58-74(59-80-67(76)71(8,9)88-63(84)55-51-47-43-39-35-31-27-23-19-15-2,60-81-68(77)72(10,11)89-64(85)56-52-48-44-40-36-32-28-24-20-16-3)61(5)82-69(78)73(12,13)90-65(86)57-53-49-45-41-37-33-29-25-21-17-4/h61H,14-60H2,1-13H3. The molecule has 0 fully saturated rings. The van der Waals surface area contributed by atoms with Gasteiger partial charge in [0, 0.05) is 16.8 Å². The molecule has 1 unspecified atom stereocenters. The Labute approximate surface area is 592 Å². The van der Waals surface area contributed by atoms with Crippen LogP contribution in [0.25, 0.3) is 0 Å². The molecule has 0 rings (SSSR count). The van der Waals surface area contributed by atoms with Gasteiger partial charge in [-0.15, -0.1) is 47.0 Å². The van der Waals surface area contributed by atoms with Gasteiger partial charge >= 0.3 is 23.9 Å². The molecule has 0 aliphatic rings. The van der Waals surface area contributed by atoms with Gasteiger partial charge in [0.15, 0.2) is 0 Å². The van der Waals surface area contributed by atoms with Gasteiger partial charge in [-0.05, 0) is 114 Å². The quantitative estimate of drug-likeness (QED) is 0.0249. The number of carbonyl (C=O) groups is 4. The Bertz CT molecular complexity index is 1790. The van der Waals surface area contributed by atoms with Crippen LogP contribution >= 0.6 is 95.9 Å². The molecular weight excluding hydrogens is 1270 g/mol. The molecule has 0 saturated heterocycles. The summed E-state index contributed by atoms with van der Waals surface area (Å²) in [7, 11) is 0. The minimum Gasteiger partial charge on any atom is -0.464 e. The van der Waals surface area contributed by atoms with Crippen LogP contribution in [0.4, 0.5) is 0 Å². The van der Waals surface area contributed by atoms with Crippen molar-refractivity contribution in [1.29, 1.82) is 0 Å². The van der Waals surface area contributed by atoms with E-state index in [0.717, 1.165) is 74.6 Å². The number of rotatable bonds is 60. The molecule has 0 aromatic rings. The number of hydrogen-bond donors (Lipinski definition) is 0. The Morgan fingerprint density at radius 3 is 0.644 bits per heavy atom. The maximum atomic E-state index is 14.6. The van der Waals surface area contributed by atoms with Gasteiger partial charge in [0.2, 0.25) is 0 Å². The molecule has 1 atom stereocenters. The molecule has 526 valence electrons. The number of thioether (sulfide) groups is 4. The first kappa shape index (κ1) is 89.6. The summed E-state index contributed by atoms with van der Waals surface area (Å²) in [5.74, 6) is -2.19. The summed E-state index contributed by atoms with van der Waals surface area (Å²) in [6.07, 6.45) is 50.4. The largest absolute Gasteiger partial charge is 0.464 e. The second-order valence-electron chi connectivity index (χ2n) is 27.8. The molecule has 0 aliphatic heterocycles. The molecule has 8 nitrogen and oxygen atoms in total. The maximum absolute atomic E-state index is 14.6. The van der Waals surface area contributed by atoms with Crippen LogP contribution < -0.4 is 0 Å². The maximum Gasteiger partial charge on any atom is 0.322 e. The highest BCUT2D eigenvalue weighted by Gasteiger charge is 2.48. The number of unbranched alkanes of at least 4 members (excludes halogenated alkanes) is 36. The predicted octanol–water partition coefficient (Wildman–Crippen LogP) is 25.1. The highest BCUT2D eigenvalue weighted by Crippen LogP contribution is 2.39. The zero-order chi connectivity index (χ0) is 67.6. The summed E-state index contributed by atoms with van der Waals surface area (Å²) in [5, 5.41) is 0. The van der Waals surface area contributed by atoms with Crippen LogP contribution in [-0.2, 0) is 38.1 Å². The number of carbonyl (C=O) groups excluding carboxylic acids is 4. The average Bonchev–Trinajstić information content (AvgIpc) is 0.917. The summed E-state index contributed by atoms with van der Waals surface area (Å²) in [6, 6.07) is 0. The summed E-state index contributed by atoms with van der Waals surface area (Å²) < 4.78 is 24.0. The normalized spacial score (nSPS) is 12.6. The highest BCUT2D eigenvalue weighted by atomic mass is 32.2. The predicted molar refractivity (Wildman–Crippen MR) is 414 cm³/mol. The minimum absolute atomic E-state index is 0.407. The van der Waals surface area contributed by atoms with E-state index in [-0.39, 0.29) is 0 Å². The van der Waals surface area contributed by atoms with Gasteiger partial charge in [0.25, 0.3) is 0 Å². The van der Waals surface area contributed by atoms with Gasteiger partial charge in [-0.2, -0.15) is 0 Å². The van der Waals surface area contributed by atoms with Crippen molar-refractivity contribution in [3.63, 3.8) is 0 Å². The molecule has 90 heavy (non-hydrogen) atoms. The van der Waals surface area contributed by atoms with Gasteiger partial charge in [0.1, 0.15) is 50.3 Å².